The summed E-state index contributed by atoms with van der Waals surface area (Å²) in [7, 11) is -7.53. The summed E-state index contributed by atoms with van der Waals surface area (Å²) in [5, 5.41) is 0. The van der Waals surface area contributed by atoms with Gasteiger partial charge in [-0.05, 0) is 68.1 Å². The molecule has 3 rings (SSSR count). The maximum atomic E-state index is 13.4. The first kappa shape index (κ1) is 24.8. The second-order valence-corrected chi connectivity index (χ2v) is 12.1. The molecule has 1 fully saturated rings. The molecule has 32 heavy (non-hydrogen) atoms. The van der Waals surface area contributed by atoms with Crippen molar-refractivity contribution in [2.24, 2.45) is 0 Å². The third kappa shape index (κ3) is 5.57. The molecule has 0 aromatic heterocycles. The van der Waals surface area contributed by atoms with Crippen molar-refractivity contribution in [3.8, 4) is 0 Å². The lowest BCUT2D eigenvalue weighted by atomic mass is 10.2. The van der Waals surface area contributed by atoms with E-state index >= 15 is 0 Å². The quantitative estimate of drug-likeness (QED) is 0.560. The van der Waals surface area contributed by atoms with Gasteiger partial charge in [-0.3, -0.25) is 0 Å². The van der Waals surface area contributed by atoms with Crippen LogP contribution >= 0.6 is 0 Å². The molecular formula is C23H31FN2O4S2. The number of benzene rings is 2. The van der Waals surface area contributed by atoms with E-state index in [0.29, 0.717) is 25.1 Å². The van der Waals surface area contributed by atoms with Gasteiger partial charge in [-0.15, -0.1) is 0 Å². The number of hydrogen-bond acceptors (Lipinski definition) is 4. The molecule has 0 aliphatic carbocycles. The predicted octanol–water partition coefficient (Wildman–Crippen LogP) is 4.38. The number of sulfonamides is 2. The standard InChI is InChI=1S/C23H31FN2O4S2/c1-3-19(2)26(18-20-8-10-21(24)11-9-20)32(29,30)23-14-12-22(13-15-23)31(27,28)25-16-6-4-5-7-17-25/h8-15,19H,3-7,16-18H2,1-2H3. The molecule has 0 N–H and O–H groups in total. The summed E-state index contributed by atoms with van der Waals surface area (Å²) < 4.78 is 68.9. The maximum Gasteiger partial charge on any atom is 0.243 e. The third-order valence-corrected chi connectivity index (χ3v) is 9.85. The summed E-state index contributed by atoms with van der Waals surface area (Å²) >= 11 is 0. The molecule has 0 radical (unpaired) electrons. The van der Waals surface area contributed by atoms with Crippen LogP contribution in [0.4, 0.5) is 4.39 Å². The zero-order valence-electron chi connectivity index (χ0n) is 18.6. The molecule has 0 saturated carbocycles. The molecule has 0 amide bonds. The van der Waals surface area contributed by atoms with Crippen LogP contribution in [0, 0.1) is 5.82 Å². The monoisotopic (exact) mass is 482 g/mol. The van der Waals surface area contributed by atoms with Crippen LogP contribution in [-0.2, 0) is 26.6 Å². The average Bonchev–Trinajstić information content (AvgIpc) is 3.08. The Morgan fingerprint density at radius 2 is 1.41 bits per heavy atom. The van der Waals surface area contributed by atoms with Gasteiger partial charge in [0.15, 0.2) is 0 Å². The number of halogens is 1. The first-order valence-corrected chi connectivity index (χ1v) is 13.9. The van der Waals surface area contributed by atoms with E-state index in [0.717, 1.165) is 25.7 Å². The van der Waals surface area contributed by atoms with Gasteiger partial charge in [0.25, 0.3) is 0 Å². The molecule has 0 bridgehead atoms. The minimum Gasteiger partial charge on any atom is -0.207 e. The predicted molar refractivity (Wildman–Crippen MR) is 123 cm³/mol. The molecule has 176 valence electrons. The van der Waals surface area contributed by atoms with Crippen LogP contribution in [-0.4, -0.2) is 44.6 Å². The van der Waals surface area contributed by atoms with Crippen molar-refractivity contribution in [1.82, 2.24) is 8.61 Å². The second-order valence-electron chi connectivity index (χ2n) is 8.22. The Labute approximate surface area is 191 Å². The van der Waals surface area contributed by atoms with Crippen LogP contribution in [0.2, 0.25) is 0 Å². The van der Waals surface area contributed by atoms with Crippen LogP contribution in [0.25, 0.3) is 0 Å². The highest BCUT2D eigenvalue weighted by Gasteiger charge is 2.30. The second kappa shape index (κ2) is 10.4. The Balaban J connectivity index is 1.87. The zero-order valence-corrected chi connectivity index (χ0v) is 20.2. The minimum absolute atomic E-state index is 0.0368. The fourth-order valence-corrected chi connectivity index (χ4v) is 7.01. The minimum atomic E-state index is -3.88. The fourth-order valence-electron chi connectivity index (χ4n) is 3.80. The summed E-state index contributed by atoms with van der Waals surface area (Å²) in [6.45, 7) is 4.79. The number of rotatable bonds is 8. The summed E-state index contributed by atoms with van der Waals surface area (Å²) in [6.07, 6.45) is 4.30. The van der Waals surface area contributed by atoms with Crippen molar-refractivity contribution >= 4 is 20.0 Å². The molecule has 1 heterocycles. The van der Waals surface area contributed by atoms with Gasteiger partial charge in [-0.1, -0.05) is 31.9 Å². The summed E-state index contributed by atoms with van der Waals surface area (Å²) in [6, 6.07) is 10.9. The van der Waals surface area contributed by atoms with Crippen LogP contribution in [0.15, 0.2) is 58.3 Å². The van der Waals surface area contributed by atoms with Crippen molar-refractivity contribution in [3.63, 3.8) is 0 Å². The maximum absolute atomic E-state index is 13.4. The number of hydrogen-bond donors (Lipinski definition) is 0. The van der Waals surface area contributed by atoms with Crippen LogP contribution < -0.4 is 0 Å². The average molecular weight is 483 g/mol. The van der Waals surface area contributed by atoms with Crippen LogP contribution in [0.3, 0.4) is 0 Å². The molecule has 6 nitrogen and oxygen atoms in total. The van der Waals surface area contributed by atoms with E-state index in [1.165, 1.54) is 45.0 Å². The van der Waals surface area contributed by atoms with E-state index in [1.807, 2.05) is 13.8 Å². The fraction of sp³-hybridized carbons (Fsp3) is 0.478. The Bertz CT molecular complexity index is 1090. The molecule has 2 aromatic carbocycles. The van der Waals surface area contributed by atoms with Gasteiger partial charge < -0.3 is 0 Å². The number of nitrogens with zero attached hydrogens (tertiary/aromatic N) is 2. The molecule has 1 atom stereocenters. The van der Waals surface area contributed by atoms with E-state index in [-0.39, 0.29) is 28.2 Å². The van der Waals surface area contributed by atoms with Gasteiger partial charge >= 0.3 is 0 Å². The molecule has 1 unspecified atom stereocenters. The highest BCUT2D eigenvalue weighted by Crippen LogP contribution is 2.26. The van der Waals surface area contributed by atoms with Gasteiger partial charge in [0.1, 0.15) is 5.82 Å². The van der Waals surface area contributed by atoms with E-state index in [9.17, 15) is 21.2 Å². The lowest BCUT2D eigenvalue weighted by Crippen LogP contribution is -2.37. The first-order chi connectivity index (χ1) is 15.2. The van der Waals surface area contributed by atoms with Gasteiger partial charge in [0, 0.05) is 25.7 Å². The van der Waals surface area contributed by atoms with Crippen molar-refractivity contribution in [3.05, 3.63) is 59.9 Å². The molecule has 2 aromatic rings. The normalized spacial score (nSPS) is 17.2. The van der Waals surface area contributed by atoms with Crippen LogP contribution in [0.1, 0.15) is 51.5 Å². The highest BCUT2D eigenvalue weighted by molar-refractivity contribution is 7.89. The zero-order chi connectivity index (χ0) is 23.4. The molecule has 1 saturated heterocycles. The Hall–Kier alpha value is -1.81. The first-order valence-electron chi connectivity index (χ1n) is 11.0. The molecule has 0 spiro atoms. The van der Waals surface area contributed by atoms with Crippen molar-refractivity contribution in [1.29, 1.82) is 0 Å². The Kier molecular flexibility index (Phi) is 8.08. The third-order valence-electron chi connectivity index (χ3n) is 5.97. The van der Waals surface area contributed by atoms with Gasteiger partial charge in [0.05, 0.1) is 9.79 Å². The summed E-state index contributed by atoms with van der Waals surface area (Å²) in [4.78, 5) is 0.140. The lowest BCUT2D eigenvalue weighted by molar-refractivity contribution is 0.323. The van der Waals surface area contributed by atoms with E-state index in [4.69, 9.17) is 0 Å². The van der Waals surface area contributed by atoms with E-state index in [1.54, 1.807) is 12.1 Å². The molecule has 9 heteroatoms. The van der Waals surface area contributed by atoms with E-state index < -0.39 is 20.0 Å². The summed E-state index contributed by atoms with van der Waals surface area (Å²) in [5.74, 6) is -0.382. The molecule has 1 aliphatic rings. The Morgan fingerprint density at radius 3 is 1.94 bits per heavy atom. The lowest BCUT2D eigenvalue weighted by Gasteiger charge is -2.28. The van der Waals surface area contributed by atoms with E-state index in [2.05, 4.69) is 0 Å². The highest BCUT2D eigenvalue weighted by atomic mass is 32.2. The smallest absolute Gasteiger partial charge is 0.207 e. The van der Waals surface area contributed by atoms with Gasteiger partial charge in [0.2, 0.25) is 20.0 Å². The van der Waals surface area contributed by atoms with Crippen LogP contribution in [0.5, 0.6) is 0 Å². The molecule has 1 aliphatic heterocycles. The van der Waals surface area contributed by atoms with Gasteiger partial charge in [-0.25, -0.2) is 21.2 Å². The van der Waals surface area contributed by atoms with Crippen molar-refractivity contribution in [2.45, 2.75) is 68.3 Å². The SMILES string of the molecule is CCC(C)N(Cc1ccc(F)cc1)S(=O)(=O)c1ccc(S(=O)(=O)N2CCCCCC2)cc1. The Morgan fingerprint density at radius 1 is 0.875 bits per heavy atom. The largest absolute Gasteiger partial charge is 0.243 e. The van der Waals surface area contributed by atoms with Crippen molar-refractivity contribution < 1.29 is 21.2 Å². The van der Waals surface area contributed by atoms with Gasteiger partial charge in [-0.2, -0.15) is 8.61 Å². The molecular weight excluding hydrogens is 451 g/mol. The summed E-state index contributed by atoms with van der Waals surface area (Å²) in [5.41, 5.74) is 0.677. The topological polar surface area (TPSA) is 74.8 Å². The van der Waals surface area contributed by atoms with Crippen molar-refractivity contribution in [2.75, 3.05) is 13.1 Å².